The normalized spacial score (nSPS) is 14.6. The predicted molar refractivity (Wildman–Crippen MR) is 118 cm³/mol. The molecule has 1 amide bonds. The minimum Gasteiger partial charge on any atom is -0.341 e. The van der Waals surface area contributed by atoms with Gasteiger partial charge in [-0.25, -0.2) is 0 Å². The number of para-hydroxylation sites is 1. The van der Waals surface area contributed by atoms with E-state index in [-0.39, 0.29) is 5.91 Å². The number of fused-ring (bicyclic) bond motifs is 1. The lowest BCUT2D eigenvalue weighted by molar-refractivity contribution is -0.132. The van der Waals surface area contributed by atoms with Gasteiger partial charge in [0.05, 0.1) is 0 Å². The number of carbonyl (C=O) groups excluding carboxylic acids is 1. The molecule has 0 bridgehead atoms. The molecule has 2 heterocycles. The number of amides is 1. The molecule has 0 spiro atoms. The van der Waals surface area contributed by atoms with Crippen molar-refractivity contribution in [3.63, 3.8) is 0 Å². The summed E-state index contributed by atoms with van der Waals surface area (Å²) in [4.78, 5) is 16.1. The van der Waals surface area contributed by atoms with Crippen molar-refractivity contribution < 1.29 is 4.79 Å². The average Bonchev–Trinajstić information content (AvgIpc) is 3.07. The van der Waals surface area contributed by atoms with E-state index < -0.39 is 0 Å². The molecule has 1 aliphatic rings. The molecule has 1 fully saturated rings. The summed E-state index contributed by atoms with van der Waals surface area (Å²) >= 11 is 1.86. The van der Waals surface area contributed by atoms with E-state index in [0.717, 1.165) is 37.2 Å². The van der Waals surface area contributed by atoms with Gasteiger partial charge in [-0.05, 0) is 50.3 Å². The van der Waals surface area contributed by atoms with E-state index in [1.165, 1.54) is 33.4 Å². The number of aryl methyl sites for hydroxylation is 2. The highest BCUT2D eigenvalue weighted by Crippen LogP contribution is 2.33. The highest BCUT2D eigenvalue weighted by atomic mass is 32.2. The van der Waals surface area contributed by atoms with Crippen LogP contribution in [-0.2, 0) is 17.1 Å². The van der Waals surface area contributed by atoms with Crippen LogP contribution in [0.5, 0.6) is 0 Å². The van der Waals surface area contributed by atoms with Crippen LogP contribution in [0.4, 0.5) is 0 Å². The topological polar surface area (TPSA) is 25.2 Å². The molecule has 2 aromatic carbocycles. The molecule has 0 N–H and O–H groups in total. The number of carbonyl (C=O) groups is 1. The second-order valence-corrected chi connectivity index (χ2v) is 8.82. The first-order valence-electron chi connectivity index (χ1n) is 10.2. The second-order valence-electron chi connectivity index (χ2n) is 7.80. The van der Waals surface area contributed by atoms with Gasteiger partial charge in [0.15, 0.2) is 0 Å². The van der Waals surface area contributed by atoms with E-state index in [1.54, 1.807) is 0 Å². The van der Waals surface area contributed by atoms with Crippen LogP contribution in [0, 0.1) is 13.8 Å². The lowest BCUT2D eigenvalue weighted by atomic mass is 10.1. The molecule has 28 heavy (non-hydrogen) atoms. The van der Waals surface area contributed by atoms with E-state index in [4.69, 9.17) is 0 Å². The summed E-state index contributed by atoms with van der Waals surface area (Å²) in [6.07, 6.45) is 5.68. The molecule has 0 unspecified atom stereocenters. The first-order chi connectivity index (χ1) is 13.6. The molecule has 3 nitrogen and oxygen atoms in total. The van der Waals surface area contributed by atoms with Gasteiger partial charge in [-0.15, -0.1) is 11.8 Å². The van der Waals surface area contributed by atoms with Crippen molar-refractivity contribution in [2.45, 2.75) is 50.3 Å². The summed E-state index contributed by atoms with van der Waals surface area (Å²) in [6, 6.07) is 15.1. The summed E-state index contributed by atoms with van der Waals surface area (Å²) in [5.41, 5.74) is 5.17. The van der Waals surface area contributed by atoms with E-state index in [1.807, 2.05) is 16.7 Å². The summed E-state index contributed by atoms with van der Waals surface area (Å²) in [5.74, 6) is 1.19. The molecular formula is C24H28N2OS. The zero-order valence-electron chi connectivity index (χ0n) is 16.8. The Kier molecular flexibility index (Phi) is 5.77. The third-order valence-corrected chi connectivity index (χ3v) is 6.75. The van der Waals surface area contributed by atoms with Crippen molar-refractivity contribution in [1.29, 1.82) is 0 Å². The lowest BCUT2D eigenvalue weighted by Crippen LogP contribution is -2.37. The second kappa shape index (κ2) is 8.44. The van der Waals surface area contributed by atoms with Crippen LogP contribution in [0.25, 0.3) is 10.9 Å². The molecule has 3 aromatic rings. The number of nitrogens with zero attached hydrogens (tertiary/aromatic N) is 2. The lowest BCUT2D eigenvalue weighted by Gasteiger charge is -2.27. The number of likely N-dealkylation sites (tertiary alicyclic amines) is 1. The van der Waals surface area contributed by atoms with Crippen molar-refractivity contribution in [2.24, 2.45) is 0 Å². The number of aromatic nitrogens is 1. The van der Waals surface area contributed by atoms with Gasteiger partial charge >= 0.3 is 0 Å². The SMILES string of the molecule is Cc1ccc(C)c(CSc2cn(CC(=O)N3CCCCC3)c3ccccc23)c1. The number of thioether (sulfide) groups is 1. The Hall–Kier alpha value is -2.20. The minimum absolute atomic E-state index is 0.242. The van der Waals surface area contributed by atoms with Gasteiger partial charge < -0.3 is 9.47 Å². The molecule has 146 valence electrons. The largest absolute Gasteiger partial charge is 0.341 e. The van der Waals surface area contributed by atoms with Gasteiger partial charge in [-0.2, -0.15) is 0 Å². The van der Waals surface area contributed by atoms with Crippen molar-refractivity contribution in [2.75, 3.05) is 13.1 Å². The van der Waals surface area contributed by atoms with Crippen LogP contribution < -0.4 is 0 Å². The molecule has 0 saturated carbocycles. The fraction of sp³-hybridized carbons (Fsp3) is 0.375. The Morgan fingerprint density at radius 2 is 1.82 bits per heavy atom. The van der Waals surface area contributed by atoms with Crippen LogP contribution >= 0.6 is 11.8 Å². The first-order valence-corrected chi connectivity index (χ1v) is 11.1. The molecule has 4 heteroatoms. The molecule has 0 aliphatic carbocycles. The van der Waals surface area contributed by atoms with Gasteiger partial charge in [-0.3, -0.25) is 4.79 Å². The van der Waals surface area contributed by atoms with Crippen LogP contribution in [0.3, 0.4) is 0 Å². The van der Waals surface area contributed by atoms with Crippen molar-refractivity contribution >= 4 is 28.6 Å². The summed E-state index contributed by atoms with van der Waals surface area (Å²) < 4.78 is 2.14. The van der Waals surface area contributed by atoms with Crippen LogP contribution in [-0.4, -0.2) is 28.5 Å². The average molecular weight is 393 g/mol. The third-order valence-electron chi connectivity index (χ3n) is 5.65. The standard InChI is InChI=1S/C24H28N2OS/c1-18-10-11-19(2)20(14-18)17-28-23-15-26(22-9-5-4-8-21(22)23)16-24(27)25-12-6-3-7-13-25/h4-5,8-11,14-15H,3,6-7,12-13,16-17H2,1-2H3. The van der Waals surface area contributed by atoms with E-state index in [0.29, 0.717) is 6.54 Å². The number of hydrogen-bond acceptors (Lipinski definition) is 2. The number of piperidine rings is 1. The number of hydrogen-bond donors (Lipinski definition) is 0. The maximum atomic E-state index is 12.8. The van der Waals surface area contributed by atoms with Gasteiger partial charge in [-0.1, -0.05) is 42.0 Å². The summed E-state index contributed by atoms with van der Waals surface area (Å²) in [6.45, 7) is 6.57. The first kappa shape index (κ1) is 19.1. The Balaban J connectivity index is 1.56. The smallest absolute Gasteiger partial charge is 0.242 e. The number of rotatable bonds is 5. The van der Waals surface area contributed by atoms with E-state index in [9.17, 15) is 4.79 Å². The molecule has 0 atom stereocenters. The molecule has 4 rings (SSSR count). The Labute approximate surface area is 171 Å². The molecule has 0 radical (unpaired) electrons. The summed E-state index contributed by atoms with van der Waals surface area (Å²) in [5, 5.41) is 1.24. The van der Waals surface area contributed by atoms with Crippen molar-refractivity contribution in [3.05, 3.63) is 65.4 Å². The van der Waals surface area contributed by atoms with Crippen LogP contribution in [0.2, 0.25) is 0 Å². The highest BCUT2D eigenvalue weighted by Gasteiger charge is 2.18. The molecular weight excluding hydrogens is 364 g/mol. The maximum absolute atomic E-state index is 12.8. The quantitative estimate of drug-likeness (QED) is 0.531. The van der Waals surface area contributed by atoms with Crippen LogP contribution in [0.1, 0.15) is 36.0 Å². The van der Waals surface area contributed by atoms with E-state index in [2.05, 4.69) is 67.1 Å². The highest BCUT2D eigenvalue weighted by molar-refractivity contribution is 7.98. The fourth-order valence-corrected chi connectivity index (χ4v) is 5.11. The van der Waals surface area contributed by atoms with Crippen molar-refractivity contribution in [1.82, 2.24) is 9.47 Å². The Morgan fingerprint density at radius 3 is 2.64 bits per heavy atom. The molecule has 1 saturated heterocycles. The van der Waals surface area contributed by atoms with Gasteiger partial charge in [0.25, 0.3) is 0 Å². The number of benzene rings is 2. The van der Waals surface area contributed by atoms with Gasteiger partial charge in [0, 0.05) is 40.8 Å². The van der Waals surface area contributed by atoms with Gasteiger partial charge in [0.1, 0.15) is 6.54 Å². The third kappa shape index (κ3) is 4.12. The Bertz CT molecular complexity index is 985. The zero-order valence-corrected chi connectivity index (χ0v) is 17.6. The zero-order chi connectivity index (χ0) is 19.5. The van der Waals surface area contributed by atoms with Gasteiger partial charge in [0.2, 0.25) is 5.91 Å². The molecule has 1 aliphatic heterocycles. The Morgan fingerprint density at radius 1 is 1.04 bits per heavy atom. The molecule has 1 aromatic heterocycles. The predicted octanol–water partition coefficient (Wildman–Crippen LogP) is 5.56. The summed E-state index contributed by atoms with van der Waals surface area (Å²) in [7, 11) is 0. The monoisotopic (exact) mass is 392 g/mol. The van der Waals surface area contributed by atoms with Crippen molar-refractivity contribution in [3.8, 4) is 0 Å². The van der Waals surface area contributed by atoms with E-state index >= 15 is 0 Å². The van der Waals surface area contributed by atoms with Crippen LogP contribution in [0.15, 0.2) is 53.6 Å². The minimum atomic E-state index is 0.242. The fourth-order valence-electron chi connectivity index (χ4n) is 3.96. The maximum Gasteiger partial charge on any atom is 0.242 e.